The maximum absolute atomic E-state index is 12.9. The maximum atomic E-state index is 12.9. The van der Waals surface area contributed by atoms with Crippen molar-refractivity contribution in [2.45, 2.75) is 6.92 Å². The van der Waals surface area contributed by atoms with Crippen LogP contribution in [0, 0.1) is 12.7 Å². The van der Waals surface area contributed by atoms with Gasteiger partial charge in [0.2, 0.25) is 5.28 Å². The van der Waals surface area contributed by atoms with E-state index in [1.54, 1.807) is 12.1 Å². The molecule has 3 nitrogen and oxygen atoms in total. The average molecular weight is 317 g/mol. The second kappa shape index (κ2) is 4.98. The van der Waals surface area contributed by atoms with Crippen LogP contribution in [0.1, 0.15) is 5.69 Å². The van der Waals surface area contributed by atoms with Gasteiger partial charge in [-0.05, 0) is 52.7 Å². The fourth-order valence-corrected chi connectivity index (χ4v) is 2.00. The highest BCUT2D eigenvalue weighted by molar-refractivity contribution is 9.10. The van der Waals surface area contributed by atoms with Gasteiger partial charge in [0.05, 0.1) is 5.69 Å². The molecule has 1 aromatic heterocycles. The minimum atomic E-state index is -0.306. The molecule has 0 aliphatic heterocycles. The van der Waals surface area contributed by atoms with Crippen molar-refractivity contribution in [3.8, 4) is 0 Å². The van der Waals surface area contributed by atoms with Crippen molar-refractivity contribution in [1.29, 1.82) is 0 Å². The first-order valence-electron chi connectivity index (χ1n) is 4.78. The third kappa shape index (κ3) is 3.14. The van der Waals surface area contributed by atoms with Gasteiger partial charge < -0.3 is 5.32 Å². The van der Waals surface area contributed by atoms with Gasteiger partial charge in [-0.25, -0.2) is 14.4 Å². The molecule has 2 rings (SSSR count). The van der Waals surface area contributed by atoms with Gasteiger partial charge in [0.15, 0.2) is 0 Å². The van der Waals surface area contributed by atoms with Crippen LogP contribution in [0.2, 0.25) is 5.28 Å². The number of aromatic nitrogens is 2. The third-order valence-electron chi connectivity index (χ3n) is 2.02. The molecule has 0 atom stereocenters. The lowest BCUT2D eigenvalue weighted by molar-refractivity contribution is 0.627. The van der Waals surface area contributed by atoms with E-state index in [-0.39, 0.29) is 11.1 Å². The summed E-state index contributed by atoms with van der Waals surface area (Å²) in [6.45, 7) is 1.82. The number of hydrogen-bond donors (Lipinski definition) is 1. The van der Waals surface area contributed by atoms with E-state index in [4.69, 9.17) is 11.6 Å². The minimum Gasteiger partial charge on any atom is -0.339 e. The van der Waals surface area contributed by atoms with E-state index in [0.29, 0.717) is 16.0 Å². The van der Waals surface area contributed by atoms with E-state index in [2.05, 4.69) is 31.2 Å². The zero-order valence-corrected chi connectivity index (χ0v) is 11.2. The first-order valence-corrected chi connectivity index (χ1v) is 5.95. The van der Waals surface area contributed by atoms with Crippen LogP contribution in [0.25, 0.3) is 0 Å². The van der Waals surface area contributed by atoms with Crippen molar-refractivity contribution in [2.24, 2.45) is 0 Å². The highest BCUT2D eigenvalue weighted by atomic mass is 79.9. The number of aryl methyl sites for hydroxylation is 1. The molecule has 0 saturated carbocycles. The van der Waals surface area contributed by atoms with Gasteiger partial charge >= 0.3 is 0 Å². The quantitative estimate of drug-likeness (QED) is 0.848. The fraction of sp³-hybridized carbons (Fsp3) is 0.0909. The molecule has 0 amide bonds. The molecule has 0 saturated heterocycles. The smallest absolute Gasteiger partial charge is 0.224 e. The number of nitrogens with one attached hydrogen (secondary N) is 1. The Morgan fingerprint density at radius 3 is 2.71 bits per heavy atom. The summed E-state index contributed by atoms with van der Waals surface area (Å²) in [6, 6.07) is 6.10. The molecular weight excluding hydrogens is 308 g/mol. The van der Waals surface area contributed by atoms with Crippen molar-refractivity contribution in [3.63, 3.8) is 0 Å². The number of halogens is 3. The van der Waals surface area contributed by atoms with Crippen molar-refractivity contribution in [1.82, 2.24) is 9.97 Å². The monoisotopic (exact) mass is 315 g/mol. The zero-order valence-electron chi connectivity index (χ0n) is 8.84. The molecule has 6 heteroatoms. The lowest BCUT2D eigenvalue weighted by Crippen LogP contribution is -1.97. The number of rotatable bonds is 2. The second-order valence-corrected chi connectivity index (χ2v) is 4.61. The van der Waals surface area contributed by atoms with Gasteiger partial charge in [-0.3, -0.25) is 0 Å². The Balaban J connectivity index is 2.31. The average Bonchev–Trinajstić information content (AvgIpc) is 2.21. The molecule has 0 aliphatic carbocycles. The van der Waals surface area contributed by atoms with E-state index >= 15 is 0 Å². The summed E-state index contributed by atoms with van der Waals surface area (Å²) >= 11 is 9.01. The Labute approximate surface area is 111 Å². The summed E-state index contributed by atoms with van der Waals surface area (Å²) in [5, 5.41) is 3.20. The Morgan fingerprint density at radius 2 is 2.06 bits per heavy atom. The summed E-state index contributed by atoms with van der Waals surface area (Å²) in [5.41, 5.74) is 1.46. The topological polar surface area (TPSA) is 37.8 Å². The highest BCUT2D eigenvalue weighted by Crippen LogP contribution is 2.26. The Kier molecular flexibility index (Phi) is 3.59. The molecule has 0 radical (unpaired) electrons. The van der Waals surface area contributed by atoms with Gasteiger partial charge in [0.1, 0.15) is 11.6 Å². The number of anilines is 2. The van der Waals surface area contributed by atoms with Crippen molar-refractivity contribution in [2.75, 3.05) is 5.32 Å². The number of benzene rings is 1. The Hall–Kier alpha value is -1.20. The summed E-state index contributed by atoms with van der Waals surface area (Å²) in [7, 11) is 0. The molecule has 17 heavy (non-hydrogen) atoms. The minimum absolute atomic E-state index is 0.172. The summed E-state index contributed by atoms with van der Waals surface area (Å²) < 4.78 is 13.5. The molecule has 0 spiro atoms. The van der Waals surface area contributed by atoms with Gasteiger partial charge in [0, 0.05) is 16.2 Å². The predicted octanol–water partition coefficient (Wildman–Crippen LogP) is 4.08. The van der Waals surface area contributed by atoms with Gasteiger partial charge in [0.25, 0.3) is 0 Å². The van der Waals surface area contributed by atoms with Crippen molar-refractivity contribution >= 4 is 39.0 Å². The van der Waals surface area contributed by atoms with E-state index in [1.807, 2.05) is 6.92 Å². The molecule has 2 aromatic rings. The molecule has 0 bridgehead atoms. The first kappa shape index (κ1) is 12.3. The normalized spacial score (nSPS) is 10.4. The Bertz CT molecular complexity index is 542. The molecular formula is C11H8BrClFN3. The van der Waals surface area contributed by atoms with Crippen LogP contribution in [-0.4, -0.2) is 9.97 Å². The van der Waals surface area contributed by atoms with Crippen LogP contribution in [-0.2, 0) is 0 Å². The molecule has 1 heterocycles. The Morgan fingerprint density at radius 1 is 1.29 bits per heavy atom. The van der Waals surface area contributed by atoms with Crippen LogP contribution in [0.15, 0.2) is 28.7 Å². The molecule has 0 unspecified atom stereocenters. The van der Waals surface area contributed by atoms with E-state index in [9.17, 15) is 4.39 Å². The summed E-state index contributed by atoms with van der Waals surface area (Å²) in [6.07, 6.45) is 0. The largest absolute Gasteiger partial charge is 0.339 e. The number of hydrogen-bond acceptors (Lipinski definition) is 3. The SMILES string of the molecule is Cc1cc(Nc2ccc(F)cc2Br)nc(Cl)n1. The lowest BCUT2D eigenvalue weighted by atomic mass is 10.3. The van der Waals surface area contributed by atoms with Gasteiger partial charge in [-0.1, -0.05) is 0 Å². The number of nitrogens with zero attached hydrogens (tertiary/aromatic N) is 2. The van der Waals surface area contributed by atoms with Crippen LogP contribution in [0.3, 0.4) is 0 Å². The first-order chi connectivity index (χ1) is 8.04. The van der Waals surface area contributed by atoms with Crippen LogP contribution >= 0.6 is 27.5 Å². The van der Waals surface area contributed by atoms with E-state index in [0.717, 1.165) is 5.69 Å². The molecule has 0 aliphatic rings. The van der Waals surface area contributed by atoms with Crippen LogP contribution in [0.5, 0.6) is 0 Å². The summed E-state index contributed by atoms with van der Waals surface area (Å²) in [5.74, 6) is 0.258. The van der Waals surface area contributed by atoms with Crippen LogP contribution < -0.4 is 5.32 Å². The molecule has 88 valence electrons. The summed E-state index contributed by atoms with van der Waals surface area (Å²) in [4.78, 5) is 7.98. The molecule has 1 N–H and O–H groups in total. The molecule has 1 aromatic carbocycles. The van der Waals surface area contributed by atoms with Crippen molar-refractivity contribution < 1.29 is 4.39 Å². The van der Waals surface area contributed by atoms with E-state index < -0.39 is 0 Å². The van der Waals surface area contributed by atoms with Gasteiger partial charge in [-0.15, -0.1) is 0 Å². The standard InChI is InChI=1S/C11H8BrClFN3/c1-6-4-10(17-11(13)15-6)16-9-3-2-7(14)5-8(9)12/h2-5H,1H3,(H,15,16,17). The maximum Gasteiger partial charge on any atom is 0.224 e. The predicted molar refractivity (Wildman–Crippen MR) is 69.2 cm³/mol. The van der Waals surface area contributed by atoms with Gasteiger partial charge in [-0.2, -0.15) is 0 Å². The molecule has 0 fully saturated rings. The second-order valence-electron chi connectivity index (χ2n) is 3.41. The fourth-order valence-electron chi connectivity index (χ4n) is 1.33. The zero-order chi connectivity index (χ0) is 12.4. The third-order valence-corrected chi connectivity index (χ3v) is 2.85. The van der Waals surface area contributed by atoms with Crippen LogP contribution in [0.4, 0.5) is 15.9 Å². The highest BCUT2D eigenvalue weighted by Gasteiger charge is 2.04. The van der Waals surface area contributed by atoms with E-state index in [1.165, 1.54) is 12.1 Å². The van der Waals surface area contributed by atoms with Crippen molar-refractivity contribution in [3.05, 3.63) is 45.5 Å². The lowest BCUT2D eigenvalue weighted by Gasteiger charge is -2.08.